The van der Waals surface area contributed by atoms with Gasteiger partial charge >= 0.3 is 0 Å². The third-order valence-corrected chi connectivity index (χ3v) is 7.72. The van der Waals surface area contributed by atoms with Crippen molar-refractivity contribution in [1.29, 1.82) is 0 Å². The molecular weight excluding hydrogens is 625 g/mol. The van der Waals surface area contributed by atoms with E-state index >= 15 is 0 Å². The second kappa shape index (κ2) is 12.4. The SMILES string of the molecule is NC(Cc1cc(F)cc(F)c1)C(O)CN(Cc1cccc(I)c1)C(=O)c1ccc2c(c1)C=C(n1ccnc1)CC2. The first-order valence-electron chi connectivity index (χ1n) is 13.0. The van der Waals surface area contributed by atoms with Gasteiger partial charge in [0.05, 0.1) is 12.4 Å². The number of aryl methyl sites for hydroxylation is 1. The van der Waals surface area contributed by atoms with E-state index in [0.29, 0.717) is 11.1 Å². The fourth-order valence-electron chi connectivity index (χ4n) is 4.99. The molecule has 40 heavy (non-hydrogen) atoms. The third kappa shape index (κ3) is 6.83. The highest BCUT2D eigenvalue weighted by Crippen LogP contribution is 2.28. The molecule has 206 valence electrons. The van der Waals surface area contributed by atoms with E-state index < -0.39 is 23.8 Å². The van der Waals surface area contributed by atoms with Crippen molar-refractivity contribution >= 4 is 40.3 Å². The van der Waals surface area contributed by atoms with Crippen LogP contribution < -0.4 is 5.73 Å². The van der Waals surface area contributed by atoms with Crippen molar-refractivity contribution in [3.63, 3.8) is 0 Å². The van der Waals surface area contributed by atoms with Gasteiger partial charge in [-0.3, -0.25) is 4.79 Å². The van der Waals surface area contributed by atoms with Crippen molar-refractivity contribution in [2.45, 2.75) is 38.0 Å². The summed E-state index contributed by atoms with van der Waals surface area (Å²) < 4.78 is 30.4. The van der Waals surface area contributed by atoms with Gasteiger partial charge in [-0.25, -0.2) is 13.8 Å². The number of allylic oxidation sites excluding steroid dienone is 1. The number of fused-ring (bicyclic) bond motifs is 1. The fraction of sp³-hybridized carbons (Fsp3) is 0.226. The molecule has 1 aliphatic carbocycles. The number of hydrogen-bond donors (Lipinski definition) is 2. The van der Waals surface area contributed by atoms with Crippen LogP contribution in [0.25, 0.3) is 11.8 Å². The summed E-state index contributed by atoms with van der Waals surface area (Å²) >= 11 is 2.22. The smallest absolute Gasteiger partial charge is 0.254 e. The number of carbonyl (C=O) groups is 1. The van der Waals surface area contributed by atoms with Crippen molar-refractivity contribution < 1.29 is 18.7 Å². The van der Waals surface area contributed by atoms with Crippen molar-refractivity contribution in [2.24, 2.45) is 5.73 Å². The van der Waals surface area contributed by atoms with Crippen LogP contribution >= 0.6 is 22.6 Å². The topological polar surface area (TPSA) is 84.4 Å². The predicted octanol–water partition coefficient (Wildman–Crippen LogP) is 5.28. The van der Waals surface area contributed by atoms with Gasteiger partial charge in [-0.2, -0.15) is 0 Å². The molecule has 2 atom stereocenters. The van der Waals surface area contributed by atoms with Crippen LogP contribution in [0.5, 0.6) is 0 Å². The van der Waals surface area contributed by atoms with E-state index in [1.54, 1.807) is 17.4 Å². The molecule has 0 fully saturated rings. The average Bonchev–Trinajstić information content (AvgIpc) is 3.46. The van der Waals surface area contributed by atoms with Gasteiger partial charge in [0, 0.05) is 52.4 Å². The van der Waals surface area contributed by atoms with Crippen LogP contribution in [0.1, 0.15) is 39.0 Å². The molecular formula is C31H29F2IN4O2. The Morgan fingerprint density at radius 1 is 1.07 bits per heavy atom. The molecule has 0 radical (unpaired) electrons. The molecule has 1 aliphatic rings. The Morgan fingerprint density at radius 2 is 1.88 bits per heavy atom. The van der Waals surface area contributed by atoms with Gasteiger partial charge in [-0.15, -0.1) is 0 Å². The first kappa shape index (κ1) is 28.1. The van der Waals surface area contributed by atoms with E-state index in [-0.39, 0.29) is 25.4 Å². The number of hydrogen-bond acceptors (Lipinski definition) is 4. The van der Waals surface area contributed by atoms with Gasteiger partial charge in [-0.05, 0) is 107 Å². The number of carbonyl (C=O) groups excluding carboxylic acids is 1. The van der Waals surface area contributed by atoms with E-state index in [1.165, 1.54) is 12.1 Å². The first-order chi connectivity index (χ1) is 19.2. The second-order valence-corrected chi connectivity index (χ2v) is 11.3. The van der Waals surface area contributed by atoms with Crippen LogP contribution in [0.15, 0.2) is 79.4 Å². The number of rotatable bonds is 9. The highest BCUT2D eigenvalue weighted by Gasteiger charge is 2.25. The average molecular weight is 654 g/mol. The summed E-state index contributed by atoms with van der Waals surface area (Å²) in [5.74, 6) is -1.65. The van der Waals surface area contributed by atoms with E-state index in [1.807, 2.05) is 53.2 Å². The molecule has 4 aromatic rings. The summed E-state index contributed by atoms with van der Waals surface area (Å²) in [6.07, 6.45) is 8.13. The standard InChI is InChI=1S/C31H29F2IN4O2/c32-25-10-21(11-26(33)16-25)13-29(35)30(39)18-38(17-20-2-1-3-27(34)12-20)31(40)23-5-4-22-6-7-28(15-24(22)14-23)37-9-8-36-19-37/h1-5,8-12,14-16,19,29-30,39H,6-7,13,17-18,35H2. The van der Waals surface area contributed by atoms with Crippen LogP contribution in [0.4, 0.5) is 8.78 Å². The van der Waals surface area contributed by atoms with Crippen LogP contribution in [0.2, 0.25) is 0 Å². The number of nitrogens with two attached hydrogens (primary N) is 1. The summed E-state index contributed by atoms with van der Waals surface area (Å²) in [5.41, 5.74) is 11.2. The molecule has 3 N–H and O–H groups in total. The van der Waals surface area contributed by atoms with E-state index in [4.69, 9.17) is 5.73 Å². The fourth-order valence-corrected chi connectivity index (χ4v) is 5.60. The number of aromatic nitrogens is 2. The van der Waals surface area contributed by atoms with Gasteiger partial charge in [0.25, 0.3) is 5.91 Å². The molecule has 5 rings (SSSR count). The lowest BCUT2D eigenvalue weighted by Crippen LogP contribution is -2.46. The third-order valence-electron chi connectivity index (χ3n) is 7.05. The van der Waals surface area contributed by atoms with Gasteiger partial charge in [0.1, 0.15) is 11.6 Å². The number of imidazole rings is 1. The maximum absolute atomic E-state index is 13.9. The number of aliphatic hydroxyl groups excluding tert-OH is 1. The zero-order valence-electron chi connectivity index (χ0n) is 21.7. The number of amides is 1. The minimum atomic E-state index is -1.12. The Labute approximate surface area is 245 Å². The van der Waals surface area contributed by atoms with E-state index in [9.17, 15) is 18.7 Å². The Hall–Kier alpha value is -3.41. The van der Waals surface area contributed by atoms with Crippen molar-refractivity contribution in [3.05, 3.63) is 122 Å². The Morgan fingerprint density at radius 3 is 2.60 bits per heavy atom. The molecule has 6 nitrogen and oxygen atoms in total. The minimum absolute atomic E-state index is 0.0452. The van der Waals surface area contributed by atoms with Crippen molar-refractivity contribution in [1.82, 2.24) is 14.5 Å². The van der Waals surface area contributed by atoms with Gasteiger partial charge < -0.3 is 20.3 Å². The molecule has 9 heteroatoms. The normalized spacial score (nSPS) is 14.3. The highest BCUT2D eigenvalue weighted by molar-refractivity contribution is 14.1. The predicted molar refractivity (Wildman–Crippen MR) is 159 cm³/mol. The minimum Gasteiger partial charge on any atom is -0.390 e. The molecule has 0 aliphatic heterocycles. The molecule has 1 aromatic heterocycles. The van der Waals surface area contributed by atoms with E-state index in [2.05, 4.69) is 33.7 Å². The maximum atomic E-state index is 13.9. The molecule has 1 amide bonds. The Bertz CT molecular complexity index is 1520. The lowest BCUT2D eigenvalue weighted by atomic mass is 9.93. The number of halogens is 3. The summed E-state index contributed by atoms with van der Waals surface area (Å²) in [5, 5.41) is 11.0. The number of benzene rings is 3. The quantitative estimate of drug-likeness (QED) is 0.241. The zero-order valence-corrected chi connectivity index (χ0v) is 23.8. The first-order valence-corrected chi connectivity index (χ1v) is 14.1. The molecule has 0 saturated heterocycles. The summed E-state index contributed by atoms with van der Waals surface area (Å²) in [4.78, 5) is 19.6. The van der Waals surface area contributed by atoms with Gasteiger partial charge in [-0.1, -0.05) is 18.2 Å². The molecule has 3 aromatic carbocycles. The van der Waals surface area contributed by atoms with Crippen molar-refractivity contribution in [2.75, 3.05) is 6.54 Å². The largest absolute Gasteiger partial charge is 0.390 e. The van der Waals surface area contributed by atoms with Crippen LogP contribution in [0.3, 0.4) is 0 Å². The highest BCUT2D eigenvalue weighted by atomic mass is 127. The lowest BCUT2D eigenvalue weighted by molar-refractivity contribution is 0.0554. The monoisotopic (exact) mass is 654 g/mol. The zero-order chi connectivity index (χ0) is 28.2. The molecule has 0 saturated carbocycles. The summed E-state index contributed by atoms with van der Waals surface area (Å²) in [6.45, 7) is 0.220. The molecule has 0 spiro atoms. The number of nitrogens with zero attached hydrogens (tertiary/aromatic N) is 3. The van der Waals surface area contributed by atoms with Crippen LogP contribution in [-0.4, -0.2) is 44.2 Å². The maximum Gasteiger partial charge on any atom is 0.254 e. The Balaban J connectivity index is 1.39. The molecule has 1 heterocycles. The van der Waals surface area contributed by atoms with Gasteiger partial charge in [0.2, 0.25) is 0 Å². The van der Waals surface area contributed by atoms with Crippen LogP contribution in [-0.2, 0) is 19.4 Å². The molecule has 2 unspecified atom stereocenters. The summed E-state index contributed by atoms with van der Waals surface area (Å²) in [7, 11) is 0. The number of aliphatic hydroxyl groups is 1. The Kier molecular flexibility index (Phi) is 8.72. The lowest BCUT2D eigenvalue weighted by Gasteiger charge is -2.29. The van der Waals surface area contributed by atoms with Crippen LogP contribution in [0, 0.1) is 15.2 Å². The summed E-state index contributed by atoms with van der Waals surface area (Å²) in [6, 6.07) is 15.8. The molecule has 0 bridgehead atoms. The van der Waals surface area contributed by atoms with E-state index in [0.717, 1.165) is 44.9 Å². The second-order valence-electron chi connectivity index (χ2n) is 10.0. The van der Waals surface area contributed by atoms with Crippen molar-refractivity contribution in [3.8, 4) is 0 Å². The van der Waals surface area contributed by atoms with Gasteiger partial charge in [0.15, 0.2) is 0 Å².